The largest absolute Gasteiger partial charge is 0.326 e. The first-order chi connectivity index (χ1) is 13.8. The number of hydrogen-bond acceptors (Lipinski definition) is 5. The van der Waals surface area contributed by atoms with Gasteiger partial charge in [-0.1, -0.05) is 41.6 Å². The lowest BCUT2D eigenvalue weighted by Crippen LogP contribution is -2.33. The van der Waals surface area contributed by atoms with E-state index in [1.165, 1.54) is 17.0 Å². The molecule has 1 aliphatic rings. The molecule has 2 amide bonds. The molecule has 152 valence electrons. The van der Waals surface area contributed by atoms with Crippen LogP contribution in [0.3, 0.4) is 0 Å². The van der Waals surface area contributed by atoms with E-state index in [1.54, 1.807) is 49.4 Å². The molecule has 1 saturated heterocycles. The van der Waals surface area contributed by atoms with Gasteiger partial charge in [0.05, 0.1) is 4.90 Å². The summed E-state index contributed by atoms with van der Waals surface area (Å²) in [5.74, 6) is -0.702. The topological polar surface area (TPSA) is 95.9 Å². The Morgan fingerprint density at radius 2 is 1.83 bits per heavy atom. The van der Waals surface area contributed by atoms with Crippen molar-refractivity contribution in [2.45, 2.75) is 23.5 Å². The Hall–Kier alpha value is -2.36. The van der Waals surface area contributed by atoms with Crippen molar-refractivity contribution in [3.8, 4) is 0 Å². The molecule has 7 nitrogen and oxygen atoms in total. The lowest BCUT2D eigenvalue weighted by Gasteiger charge is -2.13. The van der Waals surface area contributed by atoms with Gasteiger partial charge in [0.15, 0.2) is 5.17 Å². The van der Waals surface area contributed by atoms with E-state index in [1.807, 2.05) is 0 Å². The zero-order valence-corrected chi connectivity index (χ0v) is 17.8. The van der Waals surface area contributed by atoms with Crippen molar-refractivity contribution in [3.63, 3.8) is 0 Å². The van der Waals surface area contributed by atoms with Crippen LogP contribution >= 0.6 is 23.4 Å². The molecule has 29 heavy (non-hydrogen) atoms. The van der Waals surface area contributed by atoms with Crippen LogP contribution in [-0.4, -0.2) is 42.1 Å². The van der Waals surface area contributed by atoms with Crippen LogP contribution in [0, 0.1) is 0 Å². The Bertz CT molecular complexity index is 1040. The second kappa shape index (κ2) is 8.98. The number of benzene rings is 2. The molecule has 1 fully saturated rings. The number of nitrogens with one attached hydrogen (secondary N) is 1. The predicted octanol–water partition coefficient (Wildman–Crippen LogP) is 3.38. The third-order valence-corrected chi connectivity index (χ3v) is 6.90. The summed E-state index contributed by atoms with van der Waals surface area (Å²) in [5.41, 5.74) is 0.558. The van der Waals surface area contributed by atoms with Gasteiger partial charge in [-0.2, -0.15) is 8.42 Å². The third kappa shape index (κ3) is 5.17. The molecule has 1 aliphatic heterocycles. The monoisotopic (exact) mass is 451 g/mol. The van der Waals surface area contributed by atoms with Crippen LogP contribution in [0.1, 0.15) is 13.3 Å². The van der Waals surface area contributed by atoms with Crippen LogP contribution in [-0.2, 0) is 19.6 Å². The lowest BCUT2D eigenvalue weighted by atomic mass is 10.2. The minimum absolute atomic E-state index is 0.0422. The van der Waals surface area contributed by atoms with Crippen molar-refractivity contribution in [3.05, 3.63) is 59.6 Å². The average molecular weight is 452 g/mol. The number of carbonyl (C=O) groups excluding carboxylic acids is 2. The van der Waals surface area contributed by atoms with Crippen LogP contribution in [0.15, 0.2) is 63.9 Å². The van der Waals surface area contributed by atoms with Crippen LogP contribution in [0.25, 0.3) is 0 Å². The number of rotatable bonds is 6. The summed E-state index contributed by atoms with van der Waals surface area (Å²) in [6, 6.07) is 14.4. The van der Waals surface area contributed by atoms with Gasteiger partial charge in [-0.25, -0.2) is 0 Å². The second-order valence-corrected chi connectivity index (χ2v) is 9.32. The smallest absolute Gasteiger partial charge is 0.284 e. The van der Waals surface area contributed by atoms with E-state index in [4.69, 9.17) is 11.6 Å². The van der Waals surface area contributed by atoms with Gasteiger partial charge in [-0.3, -0.25) is 14.5 Å². The van der Waals surface area contributed by atoms with Crippen molar-refractivity contribution in [2.75, 3.05) is 11.9 Å². The maximum Gasteiger partial charge on any atom is 0.284 e. The van der Waals surface area contributed by atoms with Crippen molar-refractivity contribution in [1.82, 2.24) is 4.90 Å². The fourth-order valence-corrected chi connectivity index (χ4v) is 5.23. The average Bonchev–Trinajstić information content (AvgIpc) is 2.97. The fourth-order valence-electron chi connectivity index (χ4n) is 2.66. The van der Waals surface area contributed by atoms with Gasteiger partial charge < -0.3 is 5.32 Å². The van der Waals surface area contributed by atoms with Crippen molar-refractivity contribution in [1.29, 1.82) is 0 Å². The molecule has 0 aliphatic carbocycles. The molecular formula is C19H18ClN3O4S2. The van der Waals surface area contributed by atoms with E-state index in [0.717, 1.165) is 11.8 Å². The number of thioether (sulfide) groups is 1. The van der Waals surface area contributed by atoms with E-state index in [9.17, 15) is 18.0 Å². The van der Waals surface area contributed by atoms with E-state index in [-0.39, 0.29) is 34.8 Å². The predicted molar refractivity (Wildman–Crippen MR) is 115 cm³/mol. The first-order valence-electron chi connectivity index (χ1n) is 8.73. The molecular weight excluding hydrogens is 434 g/mol. The first kappa shape index (κ1) is 21.4. The van der Waals surface area contributed by atoms with Crippen LogP contribution in [0.4, 0.5) is 5.69 Å². The molecule has 3 rings (SSSR count). The van der Waals surface area contributed by atoms with Gasteiger partial charge in [0, 0.05) is 23.7 Å². The van der Waals surface area contributed by atoms with Gasteiger partial charge in [0.25, 0.3) is 10.0 Å². The molecule has 0 radical (unpaired) electrons. The van der Waals surface area contributed by atoms with Gasteiger partial charge in [0.1, 0.15) is 5.25 Å². The van der Waals surface area contributed by atoms with E-state index in [0.29, 0.717) is 10.7 Å². The molecule has 2 aromatic carbocycles. The summed E-state index contributed by atoms with van der Waals surface area (Å²) in [4.78, 5) is 26.3. The number of hydrogen-bond donors (Lipinski definition) is 1. The van der Waals surface area contributed by atoms with Crippen molar-refractivity contribution in [2.24, 2.45) is 4.40 Å². The molecule has 1 atom stereocenters. The summed E-state index contributed by atoms with van der Waals surface area (Å²) in [7, 11) is -3.95. The van der Waals surface area contributed by atoms with Gasteiger partial charge >= 0.3 is 0 Å². The Morgan fingerprint density at radius 3 is 2.45 bits per heavy atom. The summed E-state index contributed by atoms with van der Waals surface area (Å²) in [5, 5.41) is 2.57. The summed E-state index contributed by atoms with van der Waals surface area (Å²) in [6.45, 7) is 1.98. The molecule has 2 aromatic rings. The van der Waals surface area contributed by atoms with Crippen LogP contribution in [0.2, 0.25) is 5.02 Å². The number of halogens is 1. The number of amides is 2. The highest BCUT2D eigenvalue weighted by molar-refractivity contribution is 8.16. The molecule has 0 saturated carbocycles. The summed E-state index contributed by atoms with van der Waals surface area (Å²) < 4.78 is 28.9. The number of nitrogens with zero attached hydrogens (tertiary/aromatic N) is 2. The van der Waals surface area contributed by atoms with Gasteiger partial charge in [-0.15, -0.1) is 4.40 Å². The minimum atomic E-state index is -3.95. The number of anilines is 1. The summed E-state index contributed by atoms with van der Waals surface area (Å²) >= 11 is 6.80. The SMILES string of the molecule is CCN1C(=O)[C@@H](CC(=O)Nc2ccc(Cl)cc2)SC1=NS(=O)(=O)c1ccccc1. The molecule has 0 unspecified atom stereocenters. The number of amidine groups is 1. The molecule has 1 heterocycles. The number of carbonyl (C=O) groups is 2. The Labute approximate surface area is 178 Å². The quantitative estimate of drug-likeness (QED) is 0.726. The number of sulfonamides is 1. The highest BCUT2D eigenvalue weighted by Gasteiger charge is 2.39. The van der Waals surface area contributed by atoms with E-state index < -0.39 is 15.3 Å². The van der Waals surface area contributed by atoms with Crippen LogP contribution < -0.4 is 5.32 Å². The molecule has 10 heteroatoms. The van der Waals surface area contributed by atoms with E-state index >= 15 is 0 Å². The highest BCUT2D eigenvalue weighted by Crippen LogP contribution is 2.31. The zero-order valence-electron chi connectivity index (χ0n) is 15.4. The molecule has 0 bridgehead atoms. The fraction of sp³-hybridized carbons (Fsp3) is 0.211. The first-order valence-corrected chi connectivity index (χ1v) is 11.4. The Kier molecular flexibility index (Phi) is 6.61. The standard InChI is InChI=1S/C19H18ClN3O4S2/c1-2-23-18(25)16(12-17(24)21-14-10-8-13(20)9-11-14)28-19(23)22-29(26,27)15-6-4-3-5-7-15/h3-11,16H,2,12H2,1H3,(H,21,24)/t16-/m1/s1. The van der Waals surface area contributed by atoms with Crippen molar-refractivity contribution < 1.29 is 18.0 Å². The Balaban J connectivity index is 1.74. The maximum absolute atomic E-state index is 12.6. The lowest BCUT2D eigenvalue weighted by molar-refractivity contribution is -0.128. The van der Waals surface area contributed by atoms with Gasteiger partial charge in [0.2, 0.25) is 11.8 Å². The minimum Gasteiger partial charge on any atom is -0.326 e. The maximum atomic E-state index is 12.6. The van der Waals surface area contributed by atoms with Gasteiger partial charge in [-0.05, 0) is 43.3 Å². The van der Waals surface area contributed by atoms with Crippen LogP contribution in [0.5, 0.6) is 0 Å². The Morgan fingerprint density at radius 1 is 1.17 bits per heavy atom. The normalized spacial score (nSPS) is 18.3. The molecule has 0 spiro atoms. The second-order valence-electron chi connectivity index (χ2n) is 6.11. The molecule has 0 aromatic heterocycles. The third-order valence-electron chi connectivity index (χ3n) is 4.07. The summed E-state index contributed by atoms with van der Waals surface area (Å²) in [6.07, 6.45) is -0.104. The zero-order chi connectivity index (χ0) is 21.0. The highest BCUT2D eigenvalue weighted by atomic mass is 35.5. The molecule has 1 N–H and O–H groups in total. The van der Waals surface area contributed by atoms with Crippen molar-refractivity contribution >= 4 is 56.1 Å². The van der Waals surface area contributed by atoms with E-state index in [2.05, 4.69) is 9.71 Å².